The van der Waals surface area contributed by atoms with Gasteiger partial charge in [-0.3, -0.25) is 14.2 Å². The van der Waals surface area contributed by atoms with Gasteiger partial charge in [0.1, 0.15) is 5.82 Å². The molecule has 0 fully saturated rings. The molecule has 1 aliphatic heterocycles. The number of benzene rings is 2. The molecule has 0 aliphatic carbocycles. The highest BCUT2D eigenvalue weighted by Gasteiger charge is 2.34. The molecule has 0 spiro atoms. The van der Waals surface area contributed by atoms with Crippen LogP contribution in [0.3, 0.4) is 0 Å². The molecule has 2 N–H and O–H groups in total. The van der Waals surface area contributed by atoms with Crippen LogP contribution in [0.1, 0.15) is 6.92 Å². The third-order valence-corrected chi connectivity index (χ3v) is 5.14. The van der Waals surface area contributed by atoms with E-state index in [1.54, 1.807) is 32.2 Å². The molecule has 2 aromatic rings. The van der Waals surface area contributed by atoms with Gasteiger partial charge in [-0.25, -0.2) is 9.18 Å². The average Bonchev–Trinajstić information content (AvgIpc) is 2.62. The Morgan fingerprint density at radius 1 is 1.30 bits per heavy atom. The van der Waals surface area contributed by atoms with Crippen LogP contribution in [-0.2, 0) is 0 Å². The van der Waals surface area contributed by atoms with E-state index in [1.807, 2.05) is 18.2 Å². The number of fused-ring (bicyclic) bond motifs is 1. The number of anilines is 2. The summed E-state index contributed by atoms with van der Waals surface area (Å²) < 4.78 is 16.1. The van der Waals surface area contributed by atoms with Crippen LogP contribution >= 0.6 is 23.5 Å². The van der Waals surface area contributed by atoms with E-state index in [9.17, 15) is 9.18 Å². The monoisotopic (exact) mass is 404 g/mol. The molecule has 0 bridgehead atoms. The number of amides is 2. The second-order valence-corrected chi connectivity index (χ2v) is 7.41. The lowest BCUT2D eigenvalue weighted by molar-refractivity contribution is 0.236. The Hall–Kier alpha value is -2.51. The molecule has 140 valence electrons. The van der Waals surface area contributed by atoms with Gasteiger partial charge in [0.25, 0.3) is 0 Å². The molecule has 8 heteroatoms. The summed E-state index contributed by atoms with van der Waals surface area (Å²) in [6, 6.07) is 11.2. The van der Waals surface area contributed by atoms with Crippen molar-refractivity contribution in [2.75, 3.05) is 18.5 Å². The summed E-state index contributed by atoms with van der Waals surface area (Å²) >= 11 is 7.15. The number of carbonyl (C=O) groups is 1. The first-order chi connectivity index (χ1) is 12.9. The van der Waals surface area contributed by atoms with E-state index in [0.29, 0.717) is 17.1 Å². The number of carbonyl (C=O) groups excluding carboxylic acids is 1. The Labute approximate surface area is 166 Å². The summed E-state index contributed by atoms with van der Waals surface area (Å²) in [4.78, 5) is 19.6. The zero-order valence-corrected chi connectivity index (χ0v) is 16.4. The largest absolute Gasteiger partial charge is 0.402 e. The Morgan fingerprint density at radius 3 is 2.70 bits per heavy atom. The predicted molar refractivity (Wildman–Crippen MR) is 109 cm³/mol. The topological polar surface area (TPSA) is 61.9 Å². The van der Waals surface area contributed by atoms with Gasteiger partial charge < -0.3 is 5.73 Å². The van der Waals surface area contributed by atoms with Gasteiger partial charge in [0, 0.05) is 17.8 Å². The van der Waals surface area contributed by atoms with Crippen molar-refractivity contribution in [2.45, 2.75) is 11.8 Å². The maximum Gasteiger partial charge on any atom is 0.339 e. The zero-order chi connectivity index (χ0) is 19.6. The second kappa shape index (κ2) is 8.02. The van der Waals surface area contributed by atoms with Crippen molar-refractivity contribution in [3.8, 4) is 0 Å². The van der Waals surface area contributed by atoms with E-state index < -0.39 is 5.82 Å². The highest BCUT2D eigenvalue weighted by atomic mass is 35.5. The highest BCUT2D eigenvalue weighted by Crippen LogP contribution is 2.43. The van der Waals surface area contributed by atoms with Gasteiger partial charge >= 0.3 is 6.03 Å². The molecule has 0 aromatic heterocycles. The molecule has 3 rings (SSSR count). The molecule has 1 aliphatic rings. The van der Waals surface area contributed by atoms with Crippen LogP contribution in [-0.4, -0.2) is 29.6 Å². The second-order valence-electron chi connectivity index (χ2n) is 5.91. The van der Waals surface area contributed by atoms with E-state index in [2.05, 4.69) is 4.99 Å². The minimum atomic E-state index is -0.570. The highest BCUT2D eigenvalue weighted by molar-refractivity contribution is 7.97. The Balaban J connectivity index is 2.04. The molecule has 0 saturated heterocycles. The lowest BCUT2D eigenvalue weighted by Gasteiger charge is -2.36. The van der Waals surface area contributed by atoms with E-state index in [1.165, 1.54) is 33.3 Å². The van der Waals surface area contributed by atoms with E-state index in [-0.39, 0.29) is 23.3 Å². The number of hydrogen-bond acceptors (Lipinski definition) is 4. The molecule has 2 amide bonds. The molecule has 0 saturated carbocycles. The first kappa shape index (κ1) is 19.3. The summed E-state index contributed by atoms with van der Waals surface area (Å²) in [6.45, 7) is 1.98. The van der Waals surface area contributed by atoms with Gasteiger partial charge in [0.15, 0.2) is 0 Å². The van der Waals surface area contributed by atoms with Gasteiger partial charge in [-0.2, -0.15) is 0 Å². The first-order valence-corrected chi connectivity index (χ1v) is 9.29. The third-order valence-electron chi connectivity index (χ3n) is 3.86. The lowest BCUT2D eigenvalue weighted by Crippen LogP contribution is -2.42. The standard InChI is InChI=1S/C19H18ClFN4OS/c1-12(22)9-14(23-2)11-24-19(26)25(16-8-7-13(20)10-15(16)21)17-5-3-4-6-18(17)27-24/h3-10H,11,22H2,1-2H3. The van der Waals surface area contributed by atoms with Gasteiger partial charge in [-0.1, -0.05) is 23.7 Å². The van der Waals surface area contributed by atoms with E-state index in [0.717, 1.165) is 4.90 Å². The maximum absolute atomic E-state index is 14.6. The van der Waals surface area contributed by atoms with Crippen LogP contribution < -0.4 is 10.6 Å². The number of urea groups is 1. The lowest BCUT2D eigenvalue weighted by atomic mass is 10.2. The van der Waals surface area contributed by atoms with Crippen molar-refractivity contribution < 1.29 is 9.18 Å². The summed E-state index contributed by atoms with van der Waals surface area (Å²) in [6.07, 6.45) is 1.71. The molecule has 27 heavy (non-hydrogen) atoms. The van der Waals surface area contributed by atoms with Crippen molar-refractivity contribution in [1.82, 2.24) is 4.31 Å². The quantitative estimate of drug-likeness (QED) is 0.576. The fraction of sp³-hybridized carbons (Fsp3) is 0.158. The molecule has 1 heterocycles. The number of hydrogen-bond donors (Lipinski definition) is 1. The molecule has 2 aromatic carbocycles. The van der Waals surface area contributed by atoms with Gasteiger partial charge in [0.2, 0.25) is 0 Å². The van der Waals surface area contributed by atoms with Crippen molar-refractivity contribution in [1.29, 1.82) is 0 Å². The number of nitrogens with two attached hydrogens (primary N) is 1. The first-order valence-electron chi connectivity index (χ1n) is 8.14. The number of nitrogens with zero attached hydrogens (tertiary/aromatic N) is 3. The Morgan fingerprint density at radius 2 is 2.04 bits per heavy atom. The fourth-order valence-electron chi connectivity index (χ4n) is 2.68. The SMILES string of the molecule is CN=C(C=C(C)N)CN1Sc2ccccc2N(c2ccc(Cl)cc2F)C1=O. The molecule has 0 unspecified atom stereocenters. The van der Waals surface area contributed by atoms with Gasteiger partial charge in [-0.15, -0.1) is 0 Å². The Kier molecular flexibility index (Phi) is 5.72. The molecule has 0 radical (unpaired) electrons. The number of allylic oxidation sites excluding steroid dienone is 1. The normalized spacial score (nSPS) is 15.2. The van der Waals surface area contributed by atoms with Gasteiger partial charge in [-0.05, 0) is 55.3 Å². The van der Waals surface area contributed by atoms with E-state index in [4.69, 9.17) is 17.3 Å². The number of rotatable bonds is 4. The van der Waals surface area contributed by atoms with Crippen LogP contribution in [0, 0.1) is 5.82 Å². The van der Waals surface area contributed by atoms with Crippen molar-refractivity contribution in [3.63, 3.8) is 0 Å². The average molecular weight is 405 g/mol. The van der Waals surface area contributed by atoms with Crippen LogP contribution in [0.15, 0.2) is 64.1 Å². The fourth-order valence-corrected chi connectivity index (χ4v) is 3.82. The van der Waals surface area contributed by atoms with Crippen LogP contribution in [0.5, 0.6) is 0 Å². The maximum atomic E-state index is 14.6. The van der Waals surface area contributed by atoms with Crippen molar-refractivity contribution >= 4 is 46.7 Å². The van der Waals surface area contributed by atoms with Crippen LogP contribution in [0.4, 0.5) is 20.6 Å². The molecule has 5 nitrogen and oxygen atoms in total. The molecular formula is C19H18ClFN4OS. The number of aliphatic imine (C=N–C) groups is 1. The summed E-state index contributed by atoms with van der Waals surface area (Å²) in [7, 11) is 1.64. The van der Waals surface area contributed by atoms with Crippen LogP contribution in [0.2, 0.25) is 5.02 Å². The van der Waals surface area contributed by atoms with Crippen molar-refractivity contribution in [3.05, 3.63) is 65.1 Å². The minimum absolute atomic E-state index is 0.141. The van der Waals surface area contributed by atoms with Crippen molar-refractivity contribution in [2.24, 2.45) is 10.7 Å². The summed E-state index contributed by atoms with van der Waals surface area (Å²) in [5.41, 5.74) is 7.73. The van der Waals surface area contributed by atoms with Gasteiger partial charge in [0.05, 0.1) is 28.5 Å². The number of para-hydroxylation sites is 1. The predicted octanol–water partition coefficient (Wildman–Crippen LogP) is 4.99. The number of halogens is 2. The summed E-state index contributed by atoms with van der Waals surface area (Å²) in [5.74, 6) is -0.570. The van der Waals surface area contributed by atoms with Crippen LogP contribution in [0.25, 0.3) is 0 Å². The zero-order valence-electron chi connectivity index (χ0n) is 14.8. The van der Waals surface area contributed by atoms with E-state index >= 15 is 0 Å². The minimum Gasteiger partial charge on any atom is -0.402 e. The smallest absolute Gasteiger partial charge is 0.339 e. The Bertz CT molecular complexity index is 943. The molecular weight excluding hydrogens is 387 g/mol. The summed E-state index contributed by atoms with van der Waals surface area (Å²) in [5, 5.41) is 0.268. The third kappa shape index (κ3) is 4.09. The molecule has 0 atom stereocenters.